The van der Waals surface area contributed by atoms with E-state index in [0.717, 1.165) is 49.6 Å². The van der Waals surface area contributed by atoms with Crippen molar-refractivity contribution in [2.45, 2.75) is 6.42 Å². The second-order valence-corrected chi connectivity index (χ2v) is 6.52. The number of nitrogens with one attached hydrogen (secondary N) is 2. The largest absolute Gasteiger partial charge is 0.371 e. The quantitative estimate of drug-likeness (QED) is 0.624. The summed E-state index contributed by atoms with van der Waals surface area (Å²) in [4.78, 5) is 4.30. The van der Waals surface area contributed by atoms with Gasteiger partial charge in [0.05, 0.1) is 5.02 Å². The number of nitrogens with zero attached hydrogens (tertiary/aromatic N) is 4. The Hall–Kier alpha value is -2.67. The number of allylic oxidation sites excluding steroid dienone is 1. The molecule has 0 bridgehead atoms. The molecule has 8 heteroatoms. The van der Waals surface area contributed by atoms with Crippen molar-refractivity contribution in [1.82, 2.24) is 14.7 Å². The van der Waals surface area contributed by atoms with Gasteiger partial charge in [-0.2, -0.15) is 0 Å². The van der Waals surface area contributed by atoms with Crippen molar-refractivity contribution in [3.05, 3.63) is 64.5 Å². The number of anilines is 1. The molecule has 6 nitrogen and oxygen atoms in total. The topological polar surface area (TPSA) is 72.0 Å². The first-order chi connectivity index (χ1) is 12.5. The monoisotopic (exact) mass is 374 g/mol. The van der Waals surface area contributed by atoms with Crippen molar-refractivity contribution in [2.24, 2.45) is 0 Å². The van der Waals surface area contributed by atoms with Gasteiger partial charge in [-0.3, -0.25) is 10.8 Å². The summed E-state index contributed by atoms with van der Waals surface area (Å²) in [5.41, 5.74) is 1.96. The lowest BCUT2D eigenvalue weighted by Crippen LogP contribution is -2.46. The highest BCUT2D eigenvalue weighted by Crippen LogP contribution is 2.20. The molecular formula is C18H20ClFN6. The fourth-order valence-corrected chi connectivity index (χ4v) is 3.06. The van der Waals surface area contributed by atoms with Crippen LogP contribution in [0.15, 0.2) is 42.6 Å². The van der Waals surface area contributed by atoms with Crippen LogP contribution < -0.4 is 10.4 Å². The summed E-state index contributed by atoms with van der Waals surface area (Å²) in [7, 11) is 0. The Labute approximate surface area is 156 Å². The third-order valence-corrected chi connectivity index (χ3v) is 4.72. The molecule has 2 aromatic rings. The van der Waals surface area contributed by atoms with Gasteiger partial charge in [0.2, 0.25) is 0 Å². The van der Waals surface area contributed by atoms with Crippen LogP contribution in [0.3, 0.4) is 0 Å². The van der Waals surface area contributed by atoms with E-state index in [9.17, 15) is 4.39 Å². The molecule has 0 radical (unpaired) electrons. The predicted octanol–water partition coefficient (Wildman–Crippen LogP) is 2.49. The normalized spacial score (nSPS) is 14.4. The van der Waals surface area contributed by atoms with Crippen molar-refractivity contribution >= 4 is 23.8 Å². The van der Waals surface area contributed by atoms with E-state index < -0.39 is 5.82 Å². The second-order valence-electron chi connectivity index (χ2n) is 6.12. The molecule has 3 rings (SSSR count). The SMILES string of the molecule is C=C(Cc1ccc(Cl)c(F)c1)N1CCN(c2ccc(=N)n(C=N)n2)CC1. The second kappa shape index (κ2) is 7.70. The van der Waals surface area contributed by atoms with Gasteiger partial charge in [-0.05, 0) is 29.8 Å². The molecule has 0 aliphatic carbocycles. The molecule has 1 aromatic carbocycles. The fourth-order valence-electron chi connectivity index (χ4n) is 2.94. The van der Waals surface area contributed by atoms with Crippen LogP contribution in [0.2, 0.25) is 5.02 Å². The molecule has 1 fully saturated rings. The minimum Gasteiger partial charge on any atom is -0.371 e. The minimum absolute atomic E-state index is 0.126. The molecule has 1 aliphatic rings. The lowest BCUT2D eigenvalue weighted by molar-refractivity contribution is 0.315. The van der Waals surface area contributed by atoms with Gasteiger partial charge in [0.1, 0.15) is 23.5 Å². The summed E-state index contributed by atoms with van der Waals surface area (Å²) in [5.74, 6) is 0.333. The van der Waals surface area contributed by atoms with Crippen molar-refractivity contribution in [3.63, 3.8) is 0 Å². The van der Waals surface area contributed by atoms with E-state index in [1.54, 1.807) is 18.2 Å². The van der Waals surface area contributed by atoms with Crippen molar-refractivity contribution < 1.29 is 4.39 Å². The van der Waals surface area contributed by atoms with Gasteiger partial charge in [-0.15, -0.1) is 5.10 Å². The summed E-state index contributed by atoms with van der Waals surface area (Å²) >= 11 is 5.72. The van der Waals surface area contributed by atoms with Gasteiger partial charge in [-0.1, -0.05) is 24.2 Å². The van der Waals surface area contributed by atoms with Gasteiger partial charge in [0, 0.05) is 38.3 Å². The van der Waals surface area contributed by atoms with Gasteiger partial charge in [0.25, 0.3) is 0 Å². The number of halogens is 2. The summed E-state index contributed by atoms with van der Waals surface area (Å²) in [5, 5.41) is 19.4. The van der Waals surface area contributed by atoms with Crippen molar-refractivity contribution in [1.29, 1.82) is 10.8 Å². The van der Waals surface area contributed by atoms with E-state index in [0.29, 0.717) is 6.42 Å². The number of benzene rings is 1. The fraction of sp³-hybridized carbons (Fsp3) is 0.278. The number of piperazine rings is 1. The predicted molar refractivity (Wildman–Crippen MR) is 100 cm³/mol. The molecule has 1 saturated heterocycles. The zero-order valence-electron chi connectivity index (χ0n) is 14.3. The van der Waals surface area contributed by atoms with Crippen LogP contribution in [-0.2, 0) is 6.42 Å². The molecule has 0 atom stereocenters. The van der Waals surface area contributed by atoms with Crippen LogP contribution in [0.4, 0.5) is 10.2 Å². The smallest absolute Gasteiger partial charge is 0.149 e. The first-order valence-electron chi connectivity index (χ1n) is 8.24. The summed E-state index contributed by atoms with van der Waals surface area (Å²) in [6.45, 7) is 7.22. The number of hydrogen-bond donors (Lipinski definition) is 2. The zero-order valence-corrected chi connectivity index (χ0v) is 15.0. The molecule has 2 N–H and O–H groups in total. The highest BCUT2D eigenvalue weighted by Gasteiger charge is 2.19. The number of hydrogen-bond acceptors (Lipinski definition) is 5. The Balaban J connectivity index is 1.61. The molecule has 0 spiro atoms. The third kappa shape index (κ3) is 3.94. The van der Waals surface area contributed by atoms with E-state index in [-0.39, 0.29) is 10.5 Å². The first-order valence-corrected chi connectivity index (χ1v) is 8.62. The first kappa shape index (κ1) is 18.1. The summed E-state index contributed by atoms with van der Waals surface area (Å²) < 4.78 is 14.8. The zero-order chi connectivity index (χ0) is 18.7. The van der Waals surface area contributed by atoms with Gasteiger partial charge in [0.15, 0.2) is 0 Å². The van der Waals surface area contributed by atoms with E-state index in [2.05, 4.69) is 21.5 Å². The maximum atomic E-state index is 13.6. The summed E-state index contributed by atoms with van der Waals surface area (Å²) in [6.07, 6.45) is 1.60. The Morgan fingerprint density at radius 2 is 1.96 bits per heavy atom. The van der Waals surface area contributed by atoms with Crippen LogP contribution >= 0.6 is 11.6 Å². The average molecular weight is 375 g/mol. The summed E-state index contributed by atoms with van der Waals surface area (Å²) in [6, 6.07) is 8.26. The molecule has 136 valence electrons. The van der Waals surface area contributed by atoms with Gasteiger partial charge >= 0.3 is 0 Å². The molecular weight excluding hydrogens is 355 g/mol. The molecule has 1 aromatic heterocycles. The number of rotatable bonds is 5. The molecule has 1 aliphatic heterocycles. The van der Waals surface area contributed by atoms with Crippen LogP contribution in [-0.4, -0.2) is 47.2 Å². The van der Waals surface area contributed by atoms with Crippen molar-refractivity contribution in [3.8, 4) is 0 Å². The van der Waals surface area contributed by atoms with Crippen LogP contribution in [0.1, 0.15) is 5.56 Å². The third-order valence-electron chi connectivity index (χ3n) is 4.41. The van der Waals surface area contributed by atoms with Gasteiger partial charge < -0.3 is 9.80 Å². The molecule has 0 amide bonds. The Morgan fingerprint density at radius 3 is 2.62 bits per heavy atom. The number of aromatic nitrogens is 2. The molecule has 2 heterocycles. The van der Waals surface area contributed by atoms with Crippen LogP contribution in [0, 0.1) is 16.6 Å². The minimum atomic E-state index is -0.412. The maximum absolute atomic E-state index is 13.6. The highest BCUT2D eigenvalue weighted by atomic mass is 35.5. The highest BCUT2D eigenvalue weighted by molar-refractivity contribution is 6.30. The Morgan fingerprint density at radius 1 is 1.23 bits per heavy atom. The van der Waals surface area contributed by atoms with E-state index in [1.807, 2.05) is 6.07 Å². The molecule has 0 saturated carbocycles. The van der Waals surface area contributed by atoms with Gasteiger partial charge in [-0.25, -0.2) is 9.07 Å². The van der Waals surface area contributed by atoms with Crippen LogP contribution in [0.5, 0.6) is 0 Å². The van der Waals surface area contributed by atoms with E-state index >= 15 is 0 Å². The molecule has 0 unspecified atom stereocenters. The molecule has 26 heavy (non-hydrogen) atoms. The van der Waals surface area contributed by atoms with E-state index in [4.69, 9.17) is 22.4 Å². The van der Waals surface area contributed by atoms with Crippen molar-refractivity contribution in [2.75, 3.05) is 31.1 Å². The standard InChI is InChI=1S/C18H20ClFN6/c1-13(10-14-2-3-15(19)16(20)11-14)24-6-8-25(9-7-24)18-5-4-17(22)26(12-21)23-18/h2-5,11-12,21-22H,1,6-10H2. The lowest BCUT2D eigenvalue weighted by Gasteiger charge is -2.37. The van der Waals surface area contributed by atoms with Crippen LogP contribution in [0.25, 0.3) is 0 Å². The Bertz CT molecular complexity index is 885. The Kier molecular flexibility index (Phi) is 5.37. The average Bonchev–Trinajstić information content (AvgIpc) is 2.65. The maximum Gasteiger partial charge on any atom is 0.149 e. The lowest BCUT2D eigenvalue weighted by atomic mass is 10.1. The van der Waals surface area contributed by atoms with E-state index in [1.165, 1.54) is 10.7 Å².